The van der Waals surface area contributed by atoms with Crippen molar-refractivity contribution in [1.82, 2.24) is 14.8 Å². The lowest BCUT2D eigenvalue weighted by Gasteiger charge is -2.09. The average molecular weight is 377 g/mol. The number of rotatable bonds is 4. The third-order valence-electron chi connectivity index (χ3n) is 3.57. The molecule has 0 saturated carbocycles. The molecule has 0 unspecified atom stereocenters. The highest BCUT2D eigenvalue weighted by atomic mass is 35.5. The van der Waals surface area contributed by atoms with Gasteiger partial charge in [0, 0.05) is 11.3 Å². The molecule has 1 heterocycles. The molecule has 25 heavy (non-hydrogen) atoms. The van der Waals surface area contributed by atoms with Crippen LogP contribution in [0.2, 0.25) is 5.02 Å². The van der Waals surface area contributed by atoms with Crippen LogP contribution in [-0.2, 0) is 11.3 Å². The van der Waals surface area contributed by atoms with E-state index < -0.39 is 5.82 Å². The summed E-state index contributed by atoms with van der Waals surface area (Å²) >= 11 is 10.8. The van der Waals surface area contributed by atoms with E-state index in [1.165, 1.54) is 12.1 Å². The van der Waals surface area contributed by atoms with Gasteiger partial charge in [0.05, 0.1) is 5.02 Å². The lowest BCUT2D eigenvalue weighted by molar-refractivity contribution is -0.116. The van der Waals surface area contributed by atoms with Crippen LogP contribution in [0.15, 0.2) is 42.5 Å². The van der Waals surface area contributed by atoms with Crippen molar-refractivity contribution in [2.24, 2.45) is 0 Å². The molecule has 3 rings (SSSR count). The third kappa shape index (κ3) is 3.94. The molecule has 5 nitrogen and oxygen atoms in total. The Morgan fingerprint density at radius 2 is 2.04 bits per heavy atom. The summed E-state index contributed by atoms with van der Waals surface area (Å²) < 4.78 is 15.4. The molecular formula is C17H14ClFN4OS. The predicted octanol–water partition coefficient (Wildman–Crippen LogP) is 4.35. The van der Waals surface area contributed by atoms with Crippen molar-refractivity contribution in [3.8, 4) is 11.4 Å². The maximum atomic E-state index is 13.5. The Hall–Kier alpha value is -2.51. The van der Waals surface area contributed by atoms with Gasteiger partial charge >= 0.3 is 0 Å². The van der Waals surface area contributed by atoms with E-state index in [4.69, 9.17) is 23.8 Å². The number of nitrogens with zero attached hydrogens (tertiary/aromatic N) is 2. The number of aryl methyl sites for hydroxylation is 1. The molecule has 128 valence electrons. The Morgan fingerprint density at radius 3 is 2.72 bits per heavy atom. The fourth-order valence-electron chi connectivity index (χ4n) is 2.31. The third-order valence-corrected chi connectivity index (χ3v) is 4.19. The zero-order valence-electron chi connectivity index (χ0n) is 13.2. The summed E-state index contributed by atoms with van der Waals surface area (Å²) in [5, 5.41) is 9.50. The topological polar surface area (TPSA) is 62.7 Å². The summed E-state index contributed by atoms with van der Waals surface area (Å²) in [4.78, 5) is 12.3. The largest absolute Gasteiger partial charge is 0.324 e. The van der Waals surface area contributed by atoms with E-state index in [1.54, 1.807) is 4.57 Å². The minimum absolute atomic E-state index is 0.00305. The quantitative estimate of drug-likeness (QED) is 0.665. The molecule has 0 bridgehead atoms. The molecule has 0 aliphatic rings. The van der Waals surface area contributed by atoms with E-state index in [0.717, 1.165) is 17.2 Å². The van der Waals surface area contributed by atoms with Gasteiger partial charge in [0.25, 0.3) is 0 Å². The number of nitrogens with one attached hydrogen (secondary N) is 2. The maximum absolute atomic E-state index is 13.5. The van der Waals surface area contributed by atoms with Crippen LogP contribution in [0.25, 0.3) is 11.4 Å². The Kier molecular flexibility index (Phi) is 4.96. The summed E-state index contributed by atoms with van der Waals surface area (Å²) in [6.07, 6.45) is 0. The first-order valence-electron chi connectivity index (χ1n) is 7.41. The normalized spacial score (nSPS) is 10.7. The van der Waals surface area contributed by atoms with E-state index in [0.29, 0.717) is 16.3 Å². The first-order valence-corrected chi connectivity index (χ1v) is 8.20. The van der Waals surface area contributed by atoms with Gasteiger partial charge in [-0.2, -0.15) is 5.10 Å². The van der Waals surface area contributed by atoms with Gasteiger partial charge in [0.15, 0.2) is 10.6 Å². The number of H-pyrrole nitrogens is 1. The molecule has 2 N–H and O–H groups in total. The van der Waals surface area contributed by atoms with Crippen molar-refractivity contribution in [1.29, 1.82) is 0 Å². The van der Waals surface area contributed by atoms with Crippen LogP contribution >= 0.6 is 23.8 Å². The van der Waals surface area contributed by atoms with Crippen LogP contribution in [0, 0.1) is 17.5 Å². The number of aromatic amines is 1. The van der Waals surface area contributed by atoms with Gasteiger partial charge in [0.2, 0.25) is 5.91 Å². The summed E-state index contributed by atoms with van der Waals surface area (Å²) in [6.45, 7) is 1.93. The van der Waals surface area contributed by atoms with Crippen molar-refractivity contribution >= 4 is 35.4 Å². The molecule has 8 heteroatoms. The van der Waals surface area contributed by atoms with E-state index in [9.17, 15) is 9.18 Å². The molecule has 0 fully saturated rings. The predicted molar refractivity (Wildman–Crippen MR) is 97.6 cm³/mol. The molecule has 0 saturated heterocycles. The summed E-state index contributed by atoms with van der Waals surface area (Å²) in [5.41, 5.74) is 2.27. The smallest absolute Gasteiger partial charge is 0.244 e. The van der Waals surface area contributed by atoms with E-state index in [-0.39, 0.29) is 17.5 Å². The number of aromatic nitrogens is 3. The van der Waals surface area contributed by atoms with Crippen LogP contribution in [0.4, 0.5) is 10.1 Å². The number of carbonyl (C=O) groups excluding carboxylic acids is 1. The number of hydrogen-bond donors (Lipinski definition) is 2. The first-order chi connectivity index (χ1) is 11.9. The van der Waals surface area contributed by atoms with E-state index in [1.807, 2.05) is 31.2 Å². The van der Waals surface area contributed by atoms with Crippen LogP contribution in [-0.4, -0.2) is 20.7 Å². The van der Waals surface area contributed by atoms with Gasteiger partial charge in [-0.15, -0.1) is 0 Å². The average Bonchev–Trinajstić information content (AvgIpc) is 2.93. The van der Waals surface area contributed by atoms with Crippen LogP contribution in [0.1, 0.15) is 5.56 Å². The molecule has 0 spiro atoms. The zero-order valence-corrected chi connectivity index (χ0v) is 14.8. The summed E-state index contributed by atoms with van der Waals surface area (Å²) in [6, 6.07) is 11.8. The Morgan fingerprint density at radius 1 is 1.32 bits per heavy atom. The Balaban J connectivity index is 1.81. The second kappa shape index (κ2) is 7.16. The molecule has 0 aliphatic carbocycles. The summed E-state index contributed by atoms with van der Waals surface area (Å²) in [7, 11) is 0. The van der Waals surface area contributed by atoms with Gasteiger partial charge in [0.1, 0.15) is 12.4 Å². The van der Waals surface area contributed by atoms with Crippen LogP contribution in [0.5, 0.6) is 0 Å². The monoisotopic (exact) mass is 376 g/mol. The number of amides is 1. The number of anilines is 1. The molecule has 2 aromatic carbocycles. The highest BCUT2D eigenvalue weighted by Gasteiger charge is 2.13. The molecule has 0 aliphatic heterocycles. The fourth-order valence-corrected chi connectivity index (χ4v) is 2.62. The van der Waals surface area contributed by atoms with Crippen molar-refractivity contribution in [3.05, 3.63) is 63.6 Å². The van der Waals surface area contributed by atoms with Gasteiger partial charge in [-0.3, -0.25) is 14.5 Å². The van der Waals surface area contributed by atoms with Gasteiger partial charge in [-0.05, 0) is 37.3 Å². The number of carbonyl (C=O) groups is 1. The highest BCUT2D eigenvalue weighted by Crippen LogP contribution is 2.20. The second-order valence-corrected chi connectivity index (χ2v) is 6.28. The SMILES string of the molecule is Cc1ccc(-c2n[nH]c(=S)n2CC(=O)Nc2ccc(Cl)c(F)c2)cc1. The minimum atomic E-state index is -0.597. The summed E-state index contributed by atoms with van der Waals surface area (Å²) in [5.74, 6) is -0.394. The molecular weight excluding hydrogens is 363 g/mol. The number of halogens is 2. The van der Waals surface area contributed by atoms with Gasteiger partial charge in [-0.25, -0.2) is 4.39 Å². The van der Waals surface area contributed by atoms with Gasteiger partial charge in [-0.1, -0.05) is 41.4 Å². The lowest BCUT2D eigenvalue weighted by atomic mass is 10.1. The number of benzene rings is 2. The van der Waals surface area contributed by atoms with Crippen LogP contribution < -0.4 is 5.32 Å². The van der Waals surface area contributed by atoms with Crippen molar-refractivity contribution < 1.29 is 9.18 Å². The zero-order chi connectivity index (χ0) is 18.0. The number of hydrogen-bond acceptors (Lipinski definition) is 3. The van der Waals surface area contributed by atoms with Crippen molar-refractivity contribution in [2.75, 3.05) is 5.32 Å². The molecule has 1 aromatic heterocycles. The molecule has 0 atom stereocenters. The fraction of sp³-hybridized carbons (Fsp3) is 0.118. The van der Waals surface area contributed by atoms with Gasteiger partial charge < -0.3 is 5.32 Å². The second-order valence-electron chi connectivity index (χ2n) is 5.48. The van der Waals surface area contributed by atoms with Crippen molar-refractivity contribution in [2.45, 2.75) is 13.5 Å². The standard InChI is InChI=1S/C17H14ClFN4OS/c1-10-2-4-11(5-3-10)16-21-22-17(25)23(16)9-15(24)20-12-6-7-13(18)14(19)8-12/h2-8H,9H2,1H3,(H,20,24)(H,22,25). The Labute approximate surface area is 153 Å². The lowest BCUT2D eigenvalue weighted by Crippen LogP contribution is -2.19. The van der Waals surface area contributed by atoms with E-state index in [2.05, 4.69) is 15.5 Å². The highest BCUT2D eigenvalue weighted by molar-refractivity contribution is 7.71. The van der Waals surface area contributed by atoms with Crippen LogP contribution in [0.3, 0.4) is 0 Å². The minimum Gasteiger partial charge on any atom is -0.324 e. The Bertz CT molecular complexity index is 981. The molecule has 1 amide bonds. The first kappa shape index (κ1) is 17.3. The molecule has 0 radical (unpaired) electrons. The maximum Gasteiger partial charge on any atom is 0.244 e. The molecule has 3 aromatic rings. The van der Waals surface area contributed by atoms with Crippen molar-refractivity contribution in [3.63, 3.8) is 0 Å². The van der Waals surface area contributed by atoms with E-state index >= 15 is 0 Å².